The van der Waals surface area contributed by atoms with E-state index in [0.29, 0.717) is 22.2 Å². The molecular weight excluding hydrogens is 506 g/mol. The van der Waals surface area contributed by atoms with Gasteiger partial charge in [-0.1, -0.05) is 23.7 Å². The fourth-order valence-electron chi connectivity index (χ4n) is 4.86. The van der Waals surface area contributed by atoms with Gasteiger partial charge in [0, 0.05) is 36.7 Å². The van der Waals surface area contributed by atoms with E-state index < -0.39 is 35.8 Å². The van der Waals surface area contributed by atoms with E-state index in [1.807, 2.05) is 0 Å². The van der Waals surface area contributed by atoms with E-state index >= 15 is 0 Å². The van der Waals surface area contributed by atoms with Crippen LogP contribution in [0, 0.1) is 5.82 Å². The van der Waals surface area contributed by atoms with Gasteiger partial charge in [0.2, 0.25) is 5.91 Å². The van der Waals surface area contributed by atoms with E-state index in [9.17, 15) is 23.2 Å². The van der Waals surface area contributed by atoms with Crippen LogP contribution in [0.2, 0.25) is 5.02 Å². The molecule has 196 valence electrons. The molecule has 0 unspecified atom stereocenters. The van der Waals surface area contributed by atoms with E-state index in [2.05, 4.69) is 0 Å². The minimum absolute atomic E-state index is 0.0428. The smallest absolute Gasteiger partial charge is 0.243 e. The Balaban J connectivity index is 1.59. The van der Waals surface area contributed by atoms with Gasteiger partial charge in [-0.2, -0.15) is 0 Å². The monoisotopic (exact) mass is 532 g/mol. The molecular formula is C27H27ClF2N2O5. The fraction of sp³-hybridized carbons (Fsp3) is 0.370. The van der Waals surface area contributed by atoms with Gasteiger partial charge in [0.05, 0.1) is 24.2 Å². The molecule has 1 aromatic heterocycles. The number of rotatable bonds is 9. The van der Waals surface area contributed by atoms with Gasteiger partial charge in [-0.25, -0.2) is 8.78 Å². The number of fused-ring (bicyclic) bond motifs is 1. The second-order valence-corrected chi connectivity index (χ2v) is 9.40. The van der Waals surface area contributed by atoms with Crippen molar-refractivity contribution in [1.29, 1.82) is 0 Å². The lowest BCUT2D eigenvalue weighted by Gasteiger charge is -2.26. The average Bonchev–Trinajstić information content (AvgIpc) is 3.41. The molecule has 3 aromatic rings. The molecule has 2 aromatic carbocycles. The second-order valence-electron chi connectivity index (χ2n) is 9.00. The van der Waals surface area contributed by atoms with Crippen LogP contribution in [0.5, 0.6) is 5.75 Å². The van der Waals surface area contributed by atoms with Gasteiger partial charge in [0.15, 0.2) is 11.6 Å². The number of halogens is 3. The molecule has 1 aliphatic heterocycles. The predicted molar refractivity (Wildman–Crippen MR) is 134 cm³/mol. The van der Waals surface area contributed by atoms with Crippen LogP contribution >= 0.6 is 11.6 Å². The maximum absolute atomic E-state index is 14.9. The van der Waals surface area contributed by atoms with E-state index in [1.54, 1.807) is 35.0 Å². The van der Waals surface area contributed by atoms with Crippen molar-refractivity contribution in [2.75, 3.05) is 20.8 Å². The summed E-state index contributed by atoms with van der Waals surface area (Å²) in [6.45, 7) is 0.883. The summed E-state index contributed by atoms with van der Waals surface area (Å²) < 4.78 is 41.3. The summed E-state index contributed by atoms with van der Waals surface area (Å²) in [6, 6.07) is 8.51. The average molecular weight is 533 g/mol. The lowest BCUT2D eigenvalue weighted by molar-refractivity contribution is -0.140. The Labute approximate surface area is 217 Å². The maximum atomic E-state index is 14.9. The number of ketones is 2. The topological polar surface area (TPSA) is 77.8 Å². The number of likely N-dealkylation sites (tertiary alicyclic amines) is 1. The van der Waals surface area contributed by atoms with Crippen molar-refractivity contribution in [2.24, 2.45) is 0 Å². The molecule has 0 radical (unpaired) electrons. The highest BCUT2D eigenvalue weighted by Crippen LogP contribution is 2.29. The molecule has 3 atom stereocenters. The molecule has 1 saturated heterocycles. The second kappa shape index (κ2) is 11.0. The number of amides is 1. The van der Waals surface area contributed by atoms with Gasteiger partial charge < -0.3 is 18.9 Å². The van der Waals surface area contributed by atoms with Gasteiger partial charge >= 0.3 is 0 Å². The molecule has 1 aliphatic rings. The highest BCUT2D eigenvalue weighted by Gasteiger charge is 2.48. The first-order chi connectivity index (χ1) is 17.7. The van der Waals surface area contributed by atoms with Gasteiger partial charge in [-0.05, 0) is 37.1 Å². The summed E-state index contributed by atoms with van der Waals surface area (Å²) >= 11 is 5.83. The summed E-state index contributed by atoms with van der Waals surface area (Å²) in [6.07, 6.45) is -1.23. The number of aryl methyl sites for hydroxylation is 1. The first-order valence-electron chi connectivity index (χ1n) is 11.8. The van der Waals surface area contributed by atoms with Crippen molar-refractivity contribution in [3.8, 4) is 5.75 Å². The van der Waals surface area contributed by atoms with Gasteiger partial charge in [-0.3, -0.25) is 14.4 Å². The van der Waals surface area contributed by atoms with E-state index in [0.717, 1.165) is 0 Å². The van der Waals surface area contributed by atoms with Crippen LogP contribution in [0.1, 0.15) is 29.3 Å². The third kappa shape index (κ3) is 5.24. The third-order valence-corrected chi connectivity index (χ3v) is 7.04. The van der Waals surface area contributed by atoms with Crippen molar-refractivity contribution < 1.29 is 32.6 Å². The Bertz CT molecular complexity index is 1360. The van der Waals surface area contributed by atoms with Crippen molar-refractivity contribution in [3.63, 3.8) is 0 Å². The zero-order valence-electron chi connectivity index (χ0n) is 20.7. The minimum atomic E-state index is -1.57. The molecule has 0 bridgehead atoms. The Kier molecular flexibility index (Phi) is 7.94. The molecule has 4 rings (SSSR count). The molecule has 10 heteroatoms. The number of carbonyl (C=O) groups is 3. The molecule has 0 saturated carbocycles. The molecule has 1 fully saturated rings. The van der Waals surface area contributed by atoms with Crippen LogP contribution in [0.25, 0.3) is 10.9 Å². The fourth-order valence-corrected chi connectivity index (χ4v) is 5.06. The lowest BCUT2D eigenvalue weighted by atomic mass is 9.99. The predicted octanol–water partition coefficient (Wildman–Crippen LogP) is 4.41. The SMILES string of the molecule is COc1ccc2c(C(C)=O)cn(CC(=O)N3C[C@H](F)[C@@H](OC)[C@H]3C(=O)CCc3cccc(Cl)c3F)c2c1. The van der Waals surface area contributed by atoms with Crippen LogP contribution in [-0.4, -0.2) is 66.0 Å². The molecule has 2 heterocycles. The Hall–Kier alpha value is -3.30. The zero-order chi connectivity index (χ0) is 26.9. The Morgan fingerprint density at radius 3 is 2.59 bits per heavy atom. The number of ether oxygens (including phenoxy) is 2. The van der Waals surface area contributed by atoms with Crippen LogP contribution in [0.3, 0.4) is 0 Å². The maximum Gasteiger partial charge on any atom is 0.243 e. The number of carbonyl (C=O) groups excluding carboxylic acids is 3. The number of Topliss-reactive ketones (excluding diaryl/α,β-unsaturated/α-hetero) is 2. The number of nitrogens with zero attached hydrogens (tertiary/aromatic N) is 2. The van der Waals surface area contributed by atoms with Gasteiger partial charge in [0.25, 0.3) is 0 Å². The molecule has 7 nitrogen and oxygen atoms in total. The molecule has 0 aliphatic carbocycles. The molecule has 0 spiro atoms. The highest BCUT2D eigenvalue weighted by atomic mass is 35.5. The number of benzene rings is 2. The minimum Gasteiger partial charge on any atom is -0.497 e. The molecule has 1 amide bonds. The largest absolute Gasteiger partial charge is 0.497 e. The van der Waals surface area contributed by atoms with Crippen molar-refractivity contribution in [2.45, 2.75) is 44.6 Å². The summed E-state index contributed by atoms with van der Waals surface area (Å²) in [4.78, 5) is 40.0. The Morgan fingerprint density at radius 2 is 1.92 bits per heavy atom. The van der Waals surface area contributed by atoms with E-state index in [-0.39, 0.29) is 42.3 Å². The molecule has 0 N–H and O–H groups in total. The first-order valence-corrected chi connectivity index (χ1v) is 12.1. The number of alkyl halides is 1. The van der Waals surface area contributed by atoms with E-state index in [4.69, 9.17) is 21.1 Å². The van der Waals surface area contributed by atoms with Gasteiger partial charge in [0.1, 0.15) is 36.4 Å². The molecule has 37 heavy (non-hydrogen) atoms. The number of hydrogen-bond acceptors (Lipinski definition) is 5. The highest BCUT2D eigenvalue weighted by molar-refractivity contribution is 6.30. The number of aromatic nitrogens is 1. The normalized spacial score (nSPS) is 19.4. The van der Waals surface area contributed by atoms with Crippen LogP contribution in [0.4, 0.5) is 8.78 Å². The van der Waals surface area contributed by atoms with Crippen molar-refractivity contribution >= 4 is 40.0 Å². The Morgan fingerprint density at radius 1 is 1.16 bits per heavy atom. The first kappa shape index (κ1) is 26.8. The van der Waals surface area contributed by atoms with Gasteiger partial charge in [-0.15, -0.1) is 0 Å². The van der Waals surface area contributed by atoms with Crippen LogP contribution in [0.15, 0.2) is 42.6 Å². The van der Waals surface area contributed by atoms with Crippen LogP contribution in [-0.2, 0) is 27.3 Å². The summed E-state index contributed by atoms with van der Waals surface area (Å²) in [5.74, 6) is -1.20. The van der Waals surface area contributed by atoms with E-state index in [1.165, 1.54) is 38.2 Å². The standard InChI is InChI=1S/C27H27ClF2N2O5/c1-15(33)19-12-31(22-11-17(36-2)8-9-18(19)22)14-24(35)32-13-21(29)27(37-3)26(32)23(34)10-7-16-5-4-6-20(28)25(16)30/h4-6,8-9,11-12,21,26-27H,7,10,13-14H2,1-3H3/t21-,26+,27+/m0/s1. The summed E-state index contributed by atoms with van der Waals surface area (Å²) in [5.41, 5.74) is 1.28. The zero-order valence-corrected chi connectivity index (χ0v) is 21.4. The van der Waals surface area contributed by atoms with Crippen molar-refractivity contribution in [1.82, 2.24) is 9.47 Å². The quantitative estimate of drug-likeness (QED) is 0.381. The van der Waals surface area contributed by atoms with Crippen LogP contribution < -0.4 is 4.74 Å². The third-order valence-electron chi connectivity index (χ3n) is 6.74. The lowest BCUT2D eigenvalue weighted by Crippen LogP contribution is -2.47. The number of methoxy groups -OCH3 is 2. The van der Waals surface area contributed by atoms with Crippen molar-refractivity contribution in [3.05, 3.63) is 64.6 Å². The summed E-state index contributed by atoms with van der Waals surface area (Å²) in [7, 11) is 2.79. The number of hydrogen-bond donors (Lipinski definition) is 0. The summed E-state index contributed by atoms with van der Waals surface area (Å²) in [5, 5.41) is 0.596.